The minimum atomic E-state index is -3.95. The SMILES string of the molecule is CSCCCCNS(=O)(=O)c1ccc(C(=O)O)cc1F. The summed E-state index contributed by atoms with van der Waals surface area (Å²) in [6, 6.07) is 2.72. The zero-order valence-corrected chi connectivity index (χ0v) is 12.6. The molecule has 0 saturated carbocycles. The van der Waals surface area contributed by atoms with Gasteiger partial charge in [-0.05, 0) is 43.0 Å². The maximum absolute atomic E-state index is 13.7. The van der Waals surface area contributed by atoms with Crippen LogP contribution in [0.4, 0.5) is 4.39 Å². The van der Waals surface area contributed by atoms with E-state index in [1.807, 2.05) is 6.26 Å². The first-order valence-corrected chi connectivity index (χ1v) is 8.77. The van der Waals surface area contributed by atoms with Crippen molar-refractivity contribution >= 4 is 27.8 Å². The lowest BCUT2D eigenvalue weighted by molar-refractivity contribution is 0.0696. The summed E-state index contributed by atoms with van der Waals surface area (Å²) < 4.78 is 39.7. The smallest absolute Gasteiger partial charge is 0.335 e. The Morgan fingerprint density at radius 1 is 1.40 bits per heavy atom. The van der Waals surface area contributed by atoms with E-state index in [1.165, 1.54) is 0 Å². The highest BCUT2D eigenvalue weighted by Gasteiger charge is 2.19. The average molecular weight is 321 g/mol. The lowest BCUT2D eigenvalue weighted by Crippen LogP contribution is -2.26. The predicted octanol–water partition coefficient (Wildman–Crippen LogP) is 1.95. The van der Waals surface area contributed by atoms with Gasteiger partial charge in [-0.15, -0.1) is 0 Å². The summed E-state index contributed by atoms with van der Waals surface area (Å²) in [6.07, 6.45) is 3.49. The average Bonchev–Trinajstić information content (AvgIpc) is 2.37. The van der Waals surface area contributed by atoms with Crippen molar-refractivity contribution in [3.8, 4) is 0 Å². The zero-order valence-electron chi connectivity index (χ0n) is 10.9. The lowest BCUT2D eigenvalue weighted by atomic mass is 10.2. The summed E-state index contributed by atoms with van der Waals surface area (Å²) in [7, 11) is -3.95. The molecule has 0 atom stereocenters. The third-order valence-corrected chi connectivity index (χ3v) is 4.73. The molecule has 2 N–H and O–H groups in total. The van der Waals surface area contributed by atoms with Gasteiger partial charge in [-0.25, -0.2) is 22.3 Å². The van der Waals surface area contributed by atoms with Gasteiger partial charge in [0.15, 0.2) is 0 Å². The highest BCUT2D eigenvalue weighted by molar-refractivity contribution is 7.98. The minimum Gasteiger partial charge on any atom is -0.478 e. The van der Waals surface area contributed by atoms with Crippen LogP contribution in [0, 0.1) is 5.82 Å². The standard InChI is InChI=1S/C12H16FNO4S2/c1-19-7-3-2-6-14-20(17,18)11-5-4-9(12(15)16)8-10(11)13/h4-5,8,14H,2-3,6-7H2,1H3,(H,15,16). The van der Waals surface area contributed by atoms with Crippen LogP contribution in [0.2, 0.25) is 0 Å². The van der Waals surface area contributed by atoms with Crippen molar-refractivity contribution in [2.45, 2.75) is 17.7 Å². The molecule has 0 aliphatic heterocycles. The number of carboxylic acids is 1. The van der Waals surface area contributed by atoms with Gasteiger partial charge in [-0.3, -0.25) is 0 Å². The van der Waals surface area contributed by atoms with Crippen molar-refractivity contribution in [3.05, 3.63) is 29.6 Å². The number of carbonyl (C=O) groups is 1. The monoisotopic (exact) mass is 321 g/mol. The topological polar surface area (TPSA) is 83.5 Å². The molecule has 8 heteroatoms. The number of halogens is 1. The third-order valence-electron chi connectivity index (χ3n) is 2.54. The molecule has 0 bridgehead atoms. The number of hydrogen-bond acceptors (Lipinski definition) is 4. The van der Waals surface area contributed by atoms with E-state index in [1.54, 1.807) is 11.8 Å². The van der Waals surface area contributed by atoms with Crippen LogP contribution in [-0.2, 0) is 10.0 Å². The normalized spacial score (nSPS) is 11.5. The molecule has 0 aliphatic carbocycles. The Morgan fingerprint density at radius 3 is 2.65 bits per heavy atom. The van der Waals surface area contributed by atoms with E-state index in [2.05, 4.69) is 4.72 Å². The molecular weight excluding hydrogens is 305 g/mol. The number of sulfonamides is 1. The van der Waals surface area contributed by atoms with Crippen LogP contribution in [0.5, 0.6) is 0 Å². The summed E-state index contributed by atoms with van der Waals surface area (Å²) in [6.45, 7) is 0.225. The van der Waals surface area contributed by atoms with E-state index in [0.717, 1.165) is 24.3 Å². The molecule has 0 unspecified atom stereocenters. The molecule has 0 radical (unpaired) electrons. The first-order valence-electron chi connectivity index (χ1n) is 5.90. The van der Waals surface area contributed by atoms with Crippen molar-refractivity contribution < 1.29 is 22.7 Å². The summed E-state index contributed by atoms with van der Waals surface area (Å²) in [5.41, 5.74) is -0.290. The molecule has 0 fully saturated rings. The van der Waals surface area contributed by atoms with Gasteiger partial charge >= 0.3 is 5.97 Å². The van der Waals surface area contributed by atoms with Crippen molar-refractivity contribution in [3.63, 3.8) is 0 Å². The van der Waals surface area contributed by atoms with Gasteiger partial charge in [0.2, 0.25) is 10.0 Å². The molecule has 0 aromatic heterocycles. The summed E-state index contributed by atoms with van der Waals surface area (Å²) in [4.78, 5) is 10.1. The number of carboxylic acid groups (broad SMARTS) is 1. The van der Waals surface area contributed by atoms with Crippen LogP contribution in [0.25, 0.3) is 0 Å². The first-order chi connectivity index (χ1) is 9.38. The van der Waals surface area contributed by atoms with E-state index >= 15 is 0 Å². The number of thioether (sulfide) groups is 1. The Hall–Kier alpha value is -1.12. The fraction of sp³-hybridized carbons (Fsp3) is 0.417. The van der Waals surface area contributed by atoms with E-state index < -0.39 is 26.7 Å². The Bertz CT molecular complexity index is 575. The first kappa shape index (κ1) is 16.9. The van der Waals surface area contributed by atoms with Crippen LogP contribution in [0.15, 0.2) is 23.1 Å². The van der Waals surface area contributed by atoms with Gasteiger partial charge in [0.05, 0.1) is 5.56 Å². The molecular formula is C12H16FNO4S2. The minimum absolute atomic E-state index is 0.225. The second kappa shape index (κ2) is 7.61. The molecule has 0 spiro atoms. The molecule has 20 heavy (non-hydrogen) atoms. The van der Waals surface area contributed by atoms with E-state index in [-0.39, 0.29) is 12.1 Å². The fourth-order valence-electron chi connectivity index (χ4n) is 1.51. The van der Waals surface area contributed by atoms with E-state index in [4.69, 9.17) is 5.11 Å². The van der Waals surface area contributed by atoms with Crippen LogP contribution in [0.1, 0.15) is 23.2 Å². The summed E-state index contributed by atoms with van der Waals surface area (Å²) in [5.74, 6) is -1.44. The Balaban J connectivity index is 2.75. The molecule has 1 aromatic carbocycles. The highest BCUT2D eigenvalue weighted by Crippen LogP contribution is 2.16. The second-order valence-corrected chi connectivity index (χ2v) is 6.77. The van der Waals surface area contributed by atoms with Gasteiger partial charge in [-0.1, -0.05) is 0 Å². The number of hydrogen-bond donors (Lipinski definition) is 2. The Kier molecular flexibility index (Phi) is 6.44. The van der Waals surface area contributed by atoms with E-state index in [0.29, 0.717) is 12.5 Å². The number of nitrogens with one attached hydrogen (secondary N) is 1. The van der Waals surface area contributed by atoms with Crippen LogP contribution in [-0.4, -0.2) is 38.0 Å². The van der Waals surface area contributed by atoms with Crippen LogP contribution in [0.3, 0.4) is 0 Å². The second-order valence-electron chi connectivity index (χ2n) is 4.05. The molecule has 0 saturated heterocycles. The number of unbranched alkanes of at least 4 members (excludes halogenated alkanes) is 1. The molecule has 112 valence electrons. The molecule has 1 aromatic rings. The van der Waals surface area contributed by atoms with E-state index in [9.17, 15) is 17.6 Å². The van der Waals surface area contributed by atoms with Crippen molar-refractivity contribution in [1.82, 2.24) is 4.72 Å². The maximum atomic E-state index is 13.7. The highest BCUT2D eigenvalue weighted by atomic mass is 32.2. The quantitative estimate of drug-likeness (QED) is 0.715. The number of benzene rings is 1. The molecule has 0 aliphatic rings. The fourth-order valence-corrected chi connectivity index (χ4v) is 3.13. The molecule has 5 nitrogen and oxygen atoms in total. The maximum Gasteiger partial charge on any atom is 0.335 e. The molecule has 0 amide bonds. The molecule has 1 rings (SSSR count). The predicted molar refractivity (Wildman–Crippen MR) is 76.2 cm³/mol. The Labute approximate surface area is 121 Å². The third kappa shape index (κ3) is 4.77. The van der Waals surface area contributed by atoms with Gasteiger partial charge in [-0.2, -0.15) is 11.8 Å². The Morgan fingerprint density at radius 2 is 2.10 bits per heavy atom. The zero-order chi connectivity index (χ0) is 15.2. The van der Waals surface area contributed by atoms with Crippen molar-refractivity contribution in [2.24, 2.45) is 0 Å². The van der Waals surface area contributed by atoms with Crippen LogP contribution < -0.4 is 4.72 Å². The van der Waals surface area contributed by atoms with Gasteiger partial charge < -0.3 is 5.11 Å². The number of rotatable bonds is 8. The molecule has 0 heterocycles. The van der Waals surface area contributed by atoms with Crippen LogP contribution >= 0.6 is 11.8 Å². The number of aromatic carboxylic acids is 1. The van der Waals surface area contributed by atoms with Crippen molar-refractivity contribution in [2.75, 3.05) is 18.6 Å². The summed E-state index contributed by atoms with van der Waals surface area (Å²) >= 11 is 1.67. The van der Waals surface area contributed by atoms with Gasteiger partial charge in [0, 0.05) is 6.54 Å². The largest absolute Gasteiger partial charge is 0.478 e. The van der Waals surface area contributed by atoms with Crippen molar-refractivity contribution in [1.29, 1.82) is 0 Å². The summed E-state index contributed by atoms with van der Waals surface area (Å²) in [5, 5.41) is 8.69. The lowest BCUT2D eigenvalue weighted by Gasteiger charge is -2.08. The van der Waals surface area contributed by atoms with Gasteiger partial charge in [0.1, 0.15) is 10.7 Å². The van der Waals surface area contributed by atoms with Gasteiger partial charge in [0.25, 0.3) is 0 Å².